The van der Waals surface area contributed by atoms with Gasteiger partial charge in [0.1, 0.15) is 16.2 Å². The molecule has 1 aromatic carbocycles. The fourth-order valence-corrected chi connectivity index (χ4v) is 5.61. The first-order valence-corrected chi connectivity index (χ1v) is 13.1. The molecule has 0 bridgehead atoms. The maximum absolute atomic E-state index is 6.10. The van der Waals surface area contributed by atoms with Gasteiger partial charge in [-0.2, -0.15) is 0 Å². The fraction of sp³-hybridized carbons (Fsp3) is 0.370. The van der Waals surface area contributed by atoms with E-state index in [0.29, 0.717) is 5.13 Å². The largest absolute Gasteiger partial charge is 0.375 e. The van der Waals surface area contributed by atoms with Crippen LogP contribution in [-0.2, 0) is 6.54 Å². The number of benzene rings is 1. The highest BCUT2D eigenvalue weighted by atomic mass is 32.1. The van der Waals surface area contributed by atoms with Crippen molar-refractivity contribution in [2.24, 2.45) is 0 Å². The number of hydrogen-bond donors (Lipinski definition) is 1. The molecule has 0 atom stereocenters. The molecule has 0 radical (unpaired) electrons. The highest BCUT2D eigenvalue weighted by Gasteiger charge is 2.31. The second kappa shape index (κ2) is 9.18. The molecule has 8 heteroatoms. The highest BCUT2D eigenvalue weighted by molar-refractivity contribution is 7.21. The summed E-state index contributed by atoms with van der Waals surface area (Å²) in [5, 5.41) is 0.522. The van der Waals surface area contributed by atoms with Crippen LogP contribution in [0.25, 0.3) is 21.6 Å². The second-order valence-electron chi connectivity index (χ2n) is 9.72. The molecule has 35 heavy (non-hydrogen) atoms. The van der Waals surface area contributed by atoms with E-state index in [1.807, 2.05) is 13.2 Å². The van der Waals surface area contributed by atoms with Gasteiger partial charge in [0.05, 0.1) is 5.69 Å². The Balaban J connectivity index is 1.30. The van der Waals surface area contributed by atoms with Crippen molar-refractivity contribution in [2.75, 3.05) is 43.9 Å². The van der Waals surface area contributed by atoms with Gasteiger partial charge in [-0.25, -0.2) is 9.97 Å². The van der Waals surface area contributed by atoms with Crippen LogP contribution in [0.2, 0.25) is 0 Å². The first-order valence-electron chi connectivity index (χ1n) is 12.3. The van der Waals surface area contributed by atoms with Crippen molar-refractivity contribution in [1.82, 2.24) is 24.8 Å². The maximum Gasteiger partial charge on any atom is 0.182 e. The summed E-state index contributed by atoms with van der Waals surface area (Å²) in [7, 11) is 2.04. The van der Waals surface area contributed by atoms with E-state index in [0.717, 1.165) is 58.8 Å². The molecule has 0 unspecified atom stereocenters. The van der Waals surface area contributed by atoms with Crippen molar-refractivity contribution in [3.63, 3.8) is 0 Å². The quantitative estimate of drug-likeness (QED) is 0.425. The van der Waals surface area contributed by atoms with Crippen LogP contribution in [0.5, 0.6) is 0 Å². The summed E-state index contributed by atoms with van der Waals surface area (Å²) in [5.74, 6) is 0.850. The Bertz CT molecular complexity index is 1340. The van der Waals surface area contributed by atoms with Gasteiger partial charge in [-0.1, -0.05) is 29.0 Å². The van der Waals surface area contributed by atoms with E-state index in [1.54, 1.807) is 0 Å². The predicted molar refractivity (Wildman–Crippen MR) is 144 cm³/mol. The lowest BCUT2D eigenvalue weighted by Gasteiger charge is -2.34. The van der Waals surface area contributed by atoms with Gasteiger partial charge in [-0.05, 0) is 55.7 Å². The van der Waals surface area contributed by atoms with Crippen molar-refractivity contribution in [2.45, 2.75) is 32.4 Å². The van der Waals surface area contributed by atoms with Crippen LogP contribution in [0.1, 0.15) is 24.0 Å². The molecular formula is C27H31N7S. The normalized spacial score (nSPS) is 17.2. The molecule has 7 nitrogen and oxygen atoms in total. The van der Waals surface area contributed by atoms with E-state index in [4.69, 9.17) is 15.7 Å². The van der Waals surface area contributed by atoms with Crippen molar-refractivity contribution in [3.05, 3.63) is 59.8 Å². The summed E-state index contributed by atoms with van der Waals surface area (Å²) >= 11 is 1.42. The summed E-state index contributed by atoms with van der Waals surface area (Å²) in [6, 6.07) is 15.7. The second-order valence-corrected chi connectivity index (χ2v) is 10.7. The van der Waals surface area contributed by atoms with Crippen molar-refractivity contribution < 1.29 is 0 Å². The number of thiazole rings is 1. The molecule has 2 fully saturated rings. The Kier molecular flexibility index (Phi) is 5.88. The molecule has 3 aromatic heterocycles. The molecule has 0 spiro atoms. The molecule has 1 saturated carbocycles. The number of piperazine rings is 1. The zero-order chi connectivity index (χ0) is 23.9. The van der Waals surface area contributed by atoms with Crippen molar-refractivity contribution in [1.29, 1.82) is 0 Å². The Morgan fingerprint density at radius 2 is 1.80 bits per heavy atom. The monoisotopic (exact) mass is 485 g/mol. The Morgan fingerprint density at radius 3 is 2.54 bits per heavy atom. The number of anilines is 3. The molecule has 4 heterocycles. The van der Waals surface area contributed by atoms with Gasteiger partial charge in [0, 0.05) is 63.3 Å². The Labute approximate surface area is 210 Å². The molecular weight excluding hydrogens is 454 g/mol. The molecule has 1 aliphatic carbocycles. The lowest BCUT2D eigenvalue weighted by molar-refractivity contribution is 0.121. The van der Waals surface area contributed by atoms with E-state index in [2.05, 4.69) is 69.1 Å². The van der Waals surface area contributed by atoms with E-state index in [-0.39, 0.29) is 0 Å². The van der Waals surface area contributed by atoms with Crippen LogP contribution in [0, 0.1) is 6.92 Å². The third-order valence-corrected chi connectivity index (χ3v) is 7.89. The van der Waals surface area contributed by atoms with Crippen LogP contribution in [0.4, 0.5) is 16.6 Å². The summed E-state index contributed by atoms with van der Waals surface area (Å²) in [5.41, 5.74) is 12.4. The van der Waals surface area contributed by atoms with Crippen LogP contribution in [0.3, 0.4) is 0 Å². The first kappa shape index (κ1) is 22.4. The third-order valence-electron chi connectivity index (χ3n) is 7.11. The van der Waals surface area contributed by atoms with Crippen LogP contribution < -0.4 is 10.6 Å². The molecule has 1 aliphatic heterocycles. The van der Waals surface area contributed by atoms with Gasteiger partial charge >= 0.3 is 0 Å². The summed E-state index contributed by atoms with van der Waals surface area (Å²) < 4.78 is 0. The van der Waals surface area contributed by atoms with E-state index < -0.39 is 0 Å². The molecule has 180 valence electrons. The zero-order valence-electron chi connectivity index (χ0n) is 20.3. The zero-order valence-corrected chi connectivity index (χ0v) is 21.1. The number of rotatable bonds is 6. The lowest BCUT2D eigenvalue weighted by atomic mass is 10.1. The number of nitrogens with zero attached hydrogens (tertiary/aromatic N) is 6. The SMILES string of the molecule is Cc1ccc(N(C)c2cc(-c3cc(CN4CCN(C5CC5)CC4)ccn3)c3nc(N)sc3n2)cc1. The van der Waals surface area contributed by atoms with Crippen molar-refractivity contribution >= 4 is 38.3 Å². The fourth-order valence-electron chi connectivity index (χ4n) is 4.89. The minimum atomic E-state index is 0.522. The van der Waals surface area contributed by atoms with Gasteiger partial charge < -0.3 is 10.6 Å². The van der Waals surface area contributed by atoms with Gasteiger partial charge in [0.15, 0.2) is 5.13 Å². The van der Waals surface area contributed by atoms with Gasteiger partial charge in [-0.15, -0.1) is 0 Å². The van der Waals surface area contributed by atoms with Crippen molar-refractivity contribution in [3.8, 4) is 11.3 Å². The summed E-state index contributed by atoms with van der Waals surface area (Å²) in [4.78, 5) is 22.4. The number of nitrogen functional groups attached to an aromatic ring is 1. The predicted octanol–water partition coefficient (Wildman–Crippen LogP) is 4.69. The lowest BCUT2D eigenvalue weighted by Crippen LogP contribution is -2.46. The average Bonchev–Trinajstić information content (AvgIpc) is 3.65. The van der Waals surface area contributed by atoms with Crippen LogP contribution >= 0.6 is 11.3 Å². The number of nitrogens with two attached hydrogens (primary N) is 1. The summed E-state index contributed by atoms with van der Waals surface area (Å²) in [6.07, 6.45) is 4.68. The van der Waals surface area contributed by atoms with Gasteiger partial charge in [-0.3, -0.25) is 14.8 Å². The smallest absolute Gasteiger partial charge is 0.182 e. The van der Waals surface area contributed by atoms with Gasteiger partial charge in [0.25, 0.3) is 0 Å². The average molecular weight is 486 g/mol. The standard InChI is InChI=1S/C27H31N7S/c1-18-3-5-20(6-4-18)32(2)24-16-22(25-26(30-24)35-27(28)31-25)23-15-19(9-10-29-23)17-33-11-13-34(14-12-33)21-7-8-21/h3-6,9-10,15-16,21H,7-8,11-14,17H2,1-2H3,(H2,28,31). The van der Waals surface area contributed by atoms with Crippen LogP contribution in [-0.4, -0.2) is 64.0 Å². The number of hydrogen-bond acceptors (Lipinski definition) is 8. The number of aryl methyl sites for hydroxylation is 1. The maximum atomic E-state index is 6.10. The molecule has 1 saturated heterocycles. The highest BCUT2D eigenvalue weighted by Crippen LogP contribution is 2.35. The van der Waals surface area contributed by atoms with E-state index in [1.165, 1.54) is 48.4 Å². The van der Waals surface area contributed by atoms with Gasteiger partial charge in [0.2, 0.25) is 0 Å². The molecule has 0 amide bonds. The Morgan fingerprint density at radius 1 is 1.03 bits per heavy atom. The Hall–Kier alpha value is -3.07. The topological polar surface area (TPSA) is 74.4 Å². The third kappa shape index (κ3) is 4.74. The number of pyridine rings is 2. The molecule has 6 rings (SSSR count). The molecule has 2 aliphatic rings. The molecule has 4 aromatic rings. The van der Waals surface area contributed by atoms with E-state index in [9.17, 15) is 0 Å². The number of aromatic nitrogens is 3. The minimum Gasteiger partial charge on any atom is -0.375 e. The van der Waals surface area contributed by atoms with E-state index >= 15 is 0 Å². The summed E-state index contributed by atoms with van der Waals surface area (Å²) in [6.45, 7) is 7.65. The first-order chi connectivity index (χ1) is 17.0. The van der Waals surface area contributed by atoms with Crippen LogP contribution in [0.15, 0.2) is 48.7 Å². The number of fused-ring (bicyclic) bond motifs is 1. The molecule has 2 N–H and O–H groups in total. The minimum absolute atomic E-state index is 0.522.